The Morgan fingerprint density at radius 1 is 1.27 bits per heavy atom. The second-order valence-electron chi connectivity index (χ2n) is 3.17. The molecule has 0 aliphatic carbocycles. The fourth-order valence-electron chi connectivity index (χ4n) is 1.59. The number of nitrogens with one attached hydrogen (secondary N) is 1. The van der Waals surface area contributed by atoms with E-state index in [-0.39, 0.29) is 0 Å². The molecule has 0 radical (unpaired) electrons. The summed E-state index contributed by atoms with van der Waals surface area (Å²) in [7, 11) is 0. The Hall–Kier alpha value is -1.26. The van der Waals surface area contributed by atoms with Gasteiger partial charge in [0.2, 0.25) is 0 Å². The van der Waals surface area contributed by atoms with Gasteiger partial charge in [-0.15, -0.1) is 0 Å². The van der Waals surface area contributed by atoms with E-state index in [1.165, 1.54) is 0 Å². The van der Waals surface area contributed by atoms with E-state index in [1.807, 2.05) is 0 Å². The van der Waals surface area contributed by atoms with Crippen LogP contribution in [-0.2, 0) is 6.61 Å². The maximum atomic E-state index is 6.01. The third kappa shape index (κ3) is 1.29. The van der Waals surface area contributed by atoms with Crippen LogP contribution in [0.3, 0.4) is 0 Å². The zero-order chi connectivity index (χ0) is 10.4. The number of aromatic amines is 1. The van der Waals surface area contributed by atoms with Crippen LogP contribution >= 0.6 is 23.2 Å². The molecule has 0 unspecified atom stereocenters. The van der Waals surface area contributed by atoms with Crippen LogP contribution in [0.25, 0.3) is 11.3 Å². The lowest BCUT2D eigenvalue weighted by atomic mass is 10.1. The van der Waals surface area contributed by atoms with Crippen molar-refractivity contribution in [1.29, 1.82) is 0 Å². The SMILES string of the molecule is Clc1cc(Cl)c2c(c1)-c1n[nH]nc1CO2. The third-order valence-electron chi connectivity index (χ3n) is 2.24. The molecule has 0 saturated carbocycles. The zero-order valence-electron chi connectivity index (χ0n) is 7.42. The van der Waals surface area contributed by atoms with Crippen LogP contribution in [0.2, 0.25) is 10.0 Å². The quantitative estimate of drug-likeness (QED) is 0.772. The molecule has 0 spiro atoms. The number of ether oxygens (including phenoxy) is 1. The number of fused-ring (bicyclic) bond motifs is 3. The topological polar surface area (TPSA) is 50.8 Å². The minimum Gasteiger partial charge on any atom is -0.485 e. The summed E-state index contributed by atoms with van der Waals surface area (Å²) in [5.74, 6) is 0.613. The first-order valence-electron chi connectivity index (χ1n) is 4.27. The zero-order valence-corrected chi connectivity index (χ0v) is 8.93. The number of hydrogen-bond acceptors (Lipinski definition) is 3. The number of nitrogens with zero attached hydrogens (tertiary/aromatic N) is 2. The lowest BCUT2D eigenvalue weighted by Crippen LogP contribution is -2.05. The van der Waals surface area contributed by atoms with Gasteiger partial charge in [0.1, 0.15) is 23.7 Å². The van der Waals surface area contributed by atoms with E-state index >= 15 is 0 Å². The van der Waals surface area contributed by atoms with Gasteiger partial charge < -0.3 is 4.74 Å². The number of benzene rings is 1. The lowest BCUT2D eigenvalue weighted by Gasteiger charge is -2.16. The number of H-pyrrole nitrogens is 1. The average Bonchev–Trinajstić information content (AvgIpc) is 2.65. The Morgan fingerprint density at radius 2 is 2.13 bits per heavy atom. The van der Waals surface area contributed by atoms with Crippen LogP contribution in [0, 0.1) is 0 Å². The third-order valence-corrected chi connectivity index (χ3v) is 2.74. The van der Waals surface area contributed by atoms with Crippen LogP contribution < -0.4 is 4.74 Å². The highest BCUT2D eigenvalue weighted by Gasteiger charge is 2.23. The molecule has 2 aromatic rings. The maximum Gasteiger partial charge on any atom is 0.148 e. The first-order valence-corrected chi connectivity index (χ1v) is 5.03. The number of hydrogen-bond donors (Lipinski definition) is 1. The van der Waals surface area contributed by atoms with Crippen molar-refractivity contribution >= 4 is 23.2 Å². The van der Waals surface area contributed by atoms with Gasteiger partial charge in [0, 0.05) is 10.6 Å². The van der Waals surface area contributed by atoms with Crippen LogP contribution in [0.5, 0.6) is 5.75 Å². The van der Waals surface area contributed by atoms with Gasteiger partial charge in [0.25, 0.3) is 0 Å². The first-order chi connectivity index (χ1) is 7.25. The Bertz CT molecular complexity index is 538. The van der Waals surface area contributed by atoms with E-state index in [9.17, 15) is 0 Å². The van der Waals surface area contributed by atoms with Crippen molar-refractivity contribution < 1.29 is 4.74 Å². The molecular formula is C9H5Cl2N3O. The molecule has 0 fully saturated rings. The van der Waals surface area contributed by atoms with Crippen molar-refractivity contribution in [3.8, 4) is 17.0 Å². The monoisotopic (exact) mass is 241 g/mol. The van der Waals surface area contributed by atoms with Gasteiger partial charge in [-0.3, -0.25) is 0 Å². The molecule has 76 valence electrons. The highest BCUT2D eigenvalue weighted by Crippen LogP contribution is 2.42. The molecule has 1 N–H and O–H groups in total. The average molecular weight is 242 g/mol. The minimum absolute atomic E-state index is 0.375. The Morgan fingerprint density at radius 3 is 3.00 bits per heavy atom. The predicted molar refractivity (Wildman–Crippen MR) is 56.2 cm³/mol. The molecule has 4 nitrogen and oxygen atoms in total. The molecule has 1 aromatic carbocycles. The predicted octanol–water partition coefficient (Wildman–Crippen LogP) is 2.67. The van der Waals surface area contributed by atoms with Crippen molar-refractivity contribution in [3.05, 3.63) is 27.9 Å². The fraction of sp³-hybridized carbons (Fsp3) is 0.111. The molecule has 0 bridgehead atoms. The van der Waals surface area contributed by atoms with E-state index < -0.39 is 0 Å². The Labute approximate surface area is 95.2 Å². The lowest BCUT2D eigenvalue weighted by molar-refractivity contribution is 0.297. The summed E-state index contributed by atoms with van der Waals surface area (Å²) in [4.78, 5) is 0. The molecule has 3 rings (SSSR count). The Balaban J connectivity index is 2.32. The molecule has 15 heavy (non-hydrogen) atoms. The molecule has 0 saturated heterocycles. The summed E-state index contributed by atoms with van der Waals surface area (Å²) in [5.41, 5.74) is 2.30. The molecular weight excluding hydrogens is 237 g/mol. The van der Waals surface area contributed by atoms with Gasteiger partial charge in [-0.1, -0.05) is 23.2 Å². The van der Waals surface area contributed by atoms with Crippen LogP contribution in [-0.4, -0.2) is 15.4 Å². The minimum atomic E-state index is 0.375. The van der Waals surface area contributed by atoms with Crippen molar-refractivity contribution in [2.75, 3.05) is 0 Å². The summed E-state index contributed by atoms with van der Waals surface area (Å²) >= 11 is 11.9. The Kier molecular flexibility index (Phi) is 1.87. The highest BCUT2D eigenvalue weighted by atomic mass is 35.5. The van der Waals surface area contributed by atoms with Crippen molar-refractivity contribution in [1.82, 2.24) is 15.4 Å². The highest BCUT2D eigenvalue weighted by molar-refractivity contribution is 6.36. The second-order valence-corrected chi connectivity index (χ2v) is 4.02. The standard InChI is InChI=1S/C9H5Cl2N3O/c10-4-1-5-8-7(12-14-13-8)3-15-9(5)6(11)2-4/h1-2H,3H2,(H,12,13,14). The summed E-state index contributed by atoms with van der Waals surface area (Å²) in [6.45, 7) is 0.375. The van der Waals surface area contributed by atoms with Crippen molar-refractivity contribution in [3.63, 3.8) is 0 Å². The van der Waals surface area contributed by atoms with E-state index in [1.54, 1.807) is 12.1 Å². The van der Waals surface area contributed by atoms with E-state index in [0.717, 1.165) is 17.0 Å². The molecule has 1 aliphatic heterocycles. The van der Waals surface area contributed by atoms with E-state index in [0.29, 0.717) is 22.4 Å². The summed E-state index contributed by atoms with van der Waals surface area (Å²) < 4.78 is 5.48. The van der Waals surface area contributed by atoms with E-state index in [2.05, 4.69) is 15.4 Å². The molecule has 1 aliphatic rings. The van der Waals surface area contributed by atoms with Gasteiger partial charge >= 0.3 is 0 Å². The van der Waals surface area contributed by atoms with Crippen LogP contribution in [0.15, 0.2) is 12.1 Å². The molecule has 1 aromatic heterocycles. The number of aromatic nitrogens is 3. The first kappa shape index (κ1) is 9.00. The fourth-order valence-corrected chi connectivity index (χ4v) is 2.14. The van der Waals surface area contributed by atoms with Crippen LogP contribution in [0.4, 0.5) is 0 Å². The van der Waals surface area contributed by atoms with Crippen molar-refractivity contribution in [2.24, 2.45) is 0 Å². The molecule has 2 heterocycles. The van der Waals surface area contributed by atoms with Gasteiger partial charge in [-0.05, 0) is 12.1 Å². The van der Waals surface area contributed by atoms with Gasteiger partial charge in [-0.25, -0.2) is 0 Å². The normalized spacial score (nSPS) is 12.9. The molecule has 0 atom stereocenters. The van der Waals surface area contributed by atoms with Crippen molar-refractivity contribution in [2.45, 2.75) is 6.61 Å². The van der Waals surface area contributed by atoms with Gasteiger partial charge in [0.05, 0.1) is 5.02 Å². The molecule has 0 amide bonds. The largest absolute Gasteiger partial charge is 0.485 e. The van der Waals surface area contributed by atoms with Gasteiger partial charge in [-0.2, -0.15) is 15.4 Å². The van der Waals surface area contributed by atoms with E-state index in [4.69, 9.17) is 27.9 Å². The molecule has 6 heteroatoms. The maximum absolute atomic E-state index is 6.01. The summed E-state index contributed by atoms with van der Waals surface area (Å²) in [6.07, 6.45) is 0. The number of rotatable bonds is 0. The van der Waals surface area contributed by atoms with Gasteiger partial charge in [0.15, 0.2) is 0 Å². The number of halogens is 2. The second kappa shape index (κ2) is 3.12. The summed E-state index contributed by atoms with van der Waals surface area (Å²) in [6, 6.07) is 3.41. The summed E-state index contributed by atoms with van der Waals surface area (Å²) in [5, 5.41) is 11.6. The van der Waals surface area contributed by atoms with Crippen LogP contribution in [0.1, 0.15) is 5.69 Å². The smallest absolute Gasteiger partial charge is 0.148 e.